The van der Waals surface area contributed by atoms with Crippen molar-refractivity contribution < 1.29 is 9.13 Å². The number of rotatable bonds is 5. The van der Waals surface area contributed by atoms with Crippen LogP contribution in [-0.4, -0.2) is 79.5 Å². The van der Waals surface area contributed by atoms with E-state index in [9.17, 15) is 9.18 Å². The van der Waals surface area contributed by atoms with Crippen molar-refractivity contribution in [2.45, 2.75) is 88.3 Å². The van der Waals surface area contributed by atoms with Gasteiger partial charge in [0, 0.05) is 50.7 Å². The molecule has 5 aliphatic rings. The standard InChI is InChI=1S/C37H43FN8O2/c1-43-23-28-32(20-37(43)14-5-9-25-8-2-3-10-29(25)37)40-35(48-24-36-13-6-16-45(36)21-26(38)19-36)41-34(28)44-15-7-17-46-27(22-44)18-31(42-46)30-11-4-12-33(47)39-30/h2-4,8,10-12,18,26H,5-7,9,13-17,19-24H2,1H3,(H,39,47)/t26-,36+,37+/m1/s1. The number of aryl methyl sites for hydroxylation is 2. The third-order valence-electron chi connectivity index (χ3n) is 11.8. The molecule has 11 heteroatoms. The van der Waals surface area contributed by atoms with Gasteiger partial charge in [0.2, 0.25) is 5.56 Å². The van der Waals surface area contributed by atoms with E-state index >= 15 is 0 Å². The molecule has 10 nitrogen and oxygen atoms in total. The first-order chi connectivity index (χ1) is 23.4. The molecule has 2 fully saturated rings. The van der Waals surface area contributed by atoms with Crippen molar-refractivity contribution in [3.63, 3.8) is 0 Å². The SMILES string of the molecule is CN1Cc2c(nc(OC[C@@]34CCCN3C[C@H](F)C4)nc2N2CCCn3nc(-c4cccc(=O)[nH]4)cc3C2)C[C@]12CCCc1ccccc12. The fourth-order valence-corrected chi connectivity index (χ4v) is 9.43. The summed E-state index contributed by atoms with van der Waals surface area (Å²) in [6, 6.07) is 16.6. The summed E-state index contributed by atoms with van der Waals surface area (Å²) in [6.07, 6.45) is 6.75. The van der Waals surface area contributed by atoms with E-state index < -0.39 is 6.17 Å². The molecule has 0 saturated carbocycles. The first-order valence-corrected chi connectivity index (χ1v) is 17.6. The van der Waals surface area contributed by atoms with E-state index in [1.165, 1.54) is 17.2 Å². The summed E-state index contributed by atoms with van der Waals surface area (Å²) in [7, 11) is 2.25. The van der Waals surface area contributed by atoms with Crippen LogP contribution in [0.2, 0.25) is 0 Å². The second-order valence-electron chi connectivity index (χ2n) is 14.6. The molecule has 1 aliphatic carbocycles. The van der Waals surface area contributed by atoms with E-state index in [1.54, 1.807) is 6.07 Å². The van der Waals surface area contributed by atoms with Crippen molar-refractivity contribution in [1.29, 1.82) is 0 Å². The molecule has 0 unspecified atom stereocenters. The van der Waals surface area contributed by atoms with Crippen molar-refractivity contribution >= 4 is 5.82 Å². The summed E-state index contributed by atoms with van der Waals surface area (Å²) < 4.78 is 23.3. The Morgan fingerprint density at radius 2 is 1.94 bits per heavy atom. The molecule has 1 spiro atoms. The van der Waals surface area contributed by atoms with Crippen LogP contribution >= 0.6 is 0 Å². The number of aromatic amines is 1. The monoisotopic (exact) mass is 650 g/mol. The zero-order chi connectivity index (χ0) is 32.5. The molecule has 7 heterocycles. The summed E-state index contributed by atoms with van der Waals surface area (Å²) in [5.74, 6) is 0.917. The predicted octanol–water partition coefficient (Wildman–Crippen LogP) is 4.61. The fraction of sp³-hybridized carbons (Fsp3) is 0.514. The van der Waals surface area contributed by atoms with Crippen molar-refractivity contribution in [2.24, 2.45) is 0 Å². The van der Waals surface area contributed by atoms with Crippen LogP contribution in [0.5, 0.6) is 6.01 Å². The summed E-state index contributed by atoms with van der Waals surface area (Å²) in [6.45, 7) is 4.80. The number of fused-ring (bicyclic) bond motifs is 5. The number of H-pyrrole nitrogens is 1. The number of likely N-dealkylation sites (N-methyl/N-ethyl adjacent to an activating group) is 1. The number of anilines is 1. The van der Waals surface area contributed by atoms with Crippen LogP contribution in [0.4, 0.5) is 10.2 Å². The van der Waals surface area contributed by atoms with Gasteiger partial charge in [-0.2, -0.15) is 15.1 Å². The minimum Gasteiger partial charge on any atom is -0.461 e. The number of hydrogen-bond acceptors (Lipinski definition) is 8. The molecular formula is C37H43FN8O2. The number of nitrogens with zero attached hydrogens (tertiary/aromatic N) is 7. The van der Waals surface area contributed by atoms with Crippen molar-refractivity contribution in [3.05, 3.63) is 87.0 Å². The summed E-state index contributed by atoms with van der Waals surface area (Å²) >= 11 is 0. The van der Waals surface area contributed by atoms with Gasteiger partial charge in [0.15, 0.2) is 0 Å². The average Bonchev–Trinajstić information content (AvgIpc) is 3.71. The van der Waals surface area contributed by atoms with Gasteiger partial charge in [-0.15, -0.1) is 0 Å². The zero-order valence-electron chi connectivity index (χ0n) is 27.6. The second-order valence-corrected chi connectivity index (χ2v) is 14.6. The molecule has 0 amide bonds. The first kappa shape index (κ1) is 30.0. The van der Waals surface area contributed by atoms with Gasteiger partial charge in [0.05, 0.1) is 34.7 Å². The highest BCUT2D eigenvalue weighted by atomic mass is 19.1. The number of aromatic nitrogens is 5. The Morgan fingerprint density at radius 3 is 2.85 bits per heavy atom. The molecule has 4 aliphatic heterocycles. The number of hydrogen-bond donors (Lipinski definition) is 1. The van der Waals surface area contributed by atoms with Gasteiger partial charge in [-0.1, -0.05) is 30.3 Å². The Morgan fingerprint density at radius 1 is 1.02 bits per heavy atom. The van der Waals surface area contributed by atoms with E-state index in [0.29, 0.717) is 37.8 Å². The highest BCUT2D eigenvalue weighted by Crippen LogP contribution is 2.47. The maximum atomic E-state index is 14.6. The molecule has 1 N–H and O–H groups in total. The number of nitrogens with one attached hydrogen (secondary N) is 1. The maximum absolute atomic E-state index is 14.6. The smallest absolute Gasteiger partial charge is 0.318 e. The lowest BCUT2D eigenvalue weighted by Gasteiger charge is -2.49. The van der Waals surface area contributed by atoms with E-state index in [4.69, 9.17) is 19.8 Å². The van der Waals surface area contributed by atoms with Crippen molar-refractivity contribution in [3.8, 4) is 17.4 Å². The lowest BCUT2D eigenvalue weighted by atomic mass is 9.71. The van der Waals surface area contributed by atoms with E-state index in [2.05, 4.69) is 61.7 Å². The summed E-state index contributed by atoms with van der Waals surface area (Å²) in [4.78, 5) is 32.5. The Labute approximate surface area is 279 Å². The minimum atomic E-state index is -0.809. The molecule has 250 valence electrons. The Bertz CT molecular complexity index is 1930. The number of pyridine rings is 1. The van der Waals surface area contributed by atoms with Crippen LogP contribution in [0.25, 0.3) is 11.4 Å². The van der Waals surface area contributed by atoms with Crippen LogP contribution in [0, 0.1) is 0 Å². The molecule has 3 aromatic heterocycles. The van der Waals surface area contributed by atoms with E-state index in [-0.39, 0.29) is 16.6 Å². The van der Waals surface area contributed by atoms with Gasteiger partial charge in [-0.25, -0.2) is 4.39 Å². The van der Waals surface area contributed by atoms with E-state index in [0.717, 1.165) is 99.6 Å². The Kier molecular flexibility index (Phi) is 7.20. The molecule has 2 saturated heterocycles. The van der Waals surface area contributed by atoms with Crippen molar-refractivity contribution in [2.75, 3.05) is 38.2 Å². The zero-order valence-corrected chi connectivity index (χ0v) is 27.6. The van der Waals surface area contributed by atoms with Crippen LogP contribution in [0.1, 0.15) is 66.6 Å². The molecule has 0 bridgehead atoms. The minimum absolute atomic E-state index is 0.127. The van der Waals surface area contributed by atoms with Crippen LogP contribution in [0.15, 0.2) is 53.3 Å². The summed E-state index contributed by atoms with van der Waals surface area (Å²) in [5, 5.41) is 4.87. The largest absolute Gasteiger partial charge is 0.461 e. The molecule has 9 rings (SSSR count). The Hall–Kier alpha value is -4.09. The number of ether oxygens (including phenoxy) is 1. The highest BCUT2D eigenvalue weighted by Gasteiger charge is 2.50. The first-order valence-electron chi connectivity index (χ1n) is 17.6. The van der Waals surface area contributed by atoms with Gasteiger partial charge in [-0.05, 0) is 75.4 Å². The van der Waals surface area contributed by atoms with Crippen LogP contribution < -0.4 is 15.2 Å². The molecule has 0 radical (unpaired) electrons. The fourth-order valence-electron chi connectivity index (χ4n) is 9.43. The van der Waals surface area contributed by atoms with Crippen LogP contribution in [-0.2, 0) is 38.0 Å². The molecule has 4 aromatic rings. The summed E-state index contributed by atoms with van der Waals surface area (Å²) in [5.41, 5.74) is 7.07. The van der Waals surface area contributed by atoms with Gasteiger partial charge in [0.1, 0.15) is 24.3 Å². The Balaban J connectivity index is 1.10. The molecule has 48 heavy (non-hydrogen) atoms. The van der Waals surface area contributed by atoms with Gasteiger partial charge in [0.25, 0.3) is 0 Å². The van der Waals surface area contributed by atoms with Crippen molar-refractivity contribution in [1.82, 2.24) is 34.5 Å². The van der Waals surface area contributed by atoms with Gasteiger partial charge >= 0.3 is 6.01 Å². The lowest BCUT2D eigenvalue weighted by molar-refractivity contribution is 0.0714. The van der Waals surface area contributed by atoms with E-state index in [1.807, 2.05) is 6.07 Å². The average molecular weight is 651 g/mol. The second kappa shape index (κ2) is 11.5. The van der Waals surface area contributed by atoms with Crippen LogP contribution in [0.3, 0.4) is 0 Å². The normalized spacial score (nSPS) is 27.0. The molecular weight excluding hydrogens is 607 g/mol. The van der Waals surface area contributed by atoms with Gasteiger partial charge in [-0.3, -0.25) is 19.3 Å². The number of halogens is 1. The third kappa shape index (κ3) is 4.96. The topological polar surface area (TPSA) is 95.4 Å². The van der Waals surface area contributed by atoms with Gasteiger partial charge < -0.3 is 14.6 Å². The third-order valence-corrected chi connectivity index (χ3v) is 11.8. The maximum Gasteiger partial charge on any atom is 0.318 e. The predicted molar refractivity (Wildman–Crippen MR) is 181 cm³/mol. The quantitative estimate of drug-likeness (QED) is 0.335. The molecule has 1 aromatic carbocycles. The molecule has 3 atom stereocenters. The number of alkyl halides is 1. The number of benzene rings is 1. The lowest BCUT2D eigenvalue weighted by Crippen LogP contribution is -2.51. The highest BCUT2D eigenvalue weighted by molar-refractivity contribution is 5.56.